The van der Waals surface area contributed by atoms with E-state index in [-0.39, 0.29) is 11.9 Å². The van der Waals surface area contributed by atoms with Crippen molar-refractivity contribution in [2.24, 2.45) is 10.8 Å². The van der Waals surface area contributed by atoms with E-state index in [0.29, 0.717) is 25.2 Å². The maximum atomic E-state index is 13.3. The Morgan fingerprint density at radius 3 is 2.68 bits per heavy atom. The molecule has 22 heavy (non-hydrogen) atoms. The summed E-state index contributed by atoms with van der Waals surface area (Å²) in [7, 11) is 0. The average Bonchev–Trinajstić information content (AvgIpc) is 3.07. The Hall–Kier alpha value is -1.92. The standard InChI is InChI=1S/C15H20N4O3/c1-13(2)14(3)6-7-15(13,22-12(14)21)11(20)19-8-4-5-9-10(19)17-18-16-9/h4-8H2,1-3H3,(H,16,17,18)/t14-,15+/m0/s1. The van der Waals surface area contributed by atoms with Gasteiger partial charge in [0.05, 0.1) is 5.41 Å². The molecule has 2 fully saturated rings. The molecule has 2 aliphatic heterocycles. The Kier molecular flexibility index (Phi) is 2.42. The van der Waals surface area contributed by atoms with E-state index in [1.54, 1.807) is 4.90 Å². The van der Waals surface area contributed by atoms with Gasteiger partial charge in [0.2, 0.25) is 0 Å². The minimum Gasteiger partial charge on any atom is -0.448 e. The molecule has 1 aliphatic carbocycles. The number of aromatic amines is 1. The minimum absolute atomic E-state index is 0.151. The van der Waals surface area contributed by atoms with Crippen LogP contribution in [0.15, 0.2) is 0 Å². The molecule has 0 radical (unpaired) electrons. The molecular formula is C15H20N4O3. The normalized spacial score (nSPS) is 35.4. The zero-order chi connectivity index (χ0) is 15.8. The van der Waals surface area contributed by atoms with E-state index in [0.717, 1.165) is 18.5 Å². The van der Waals surface area contributed by atoms with E-state index in [1.807, 2.05) is 20.8 Å². The number of hydrogen-bond donors (Lipinski definition) is 1. The number of anilines is 1. The largest absolute Gasteiger partial charge is 0.448 e. The third-order valence-corrected chi connectivity index (χ3v) is 6.32. The van der Waals surface area contributed by atoms with E-state index in [9.17, 15) is 9.59 Å². The average molecular weight is 304 g/mol. The SMILES string of the molecule is CC1(C)[C@@]2(C)CC[C@]1(C(=O)N1CCCc3n[nH]nc31)OC2=O. The number of fused-ring (bicyclic) bond motifs is 3. The van der Waals surface area contributed by atoms with Crippen molar-refractivity contribution in [3.63, 3.8) is 0 Å². The number of ether oxygens (including phenoxy) is 1. The number of nitrogens with zero attached hydrogens (tertiary/aromatic N) is 3. The number of aromatic nitrogens is 3. The van der Waals surface area contributed by atoms with Crippen molar-refractivity contribution in [2.45, 2.75) is 52.1 Å². The Labute approximate surface area is 128 Å². The fraction of sp³-hybridized carbons (Fsp3) is 0.733. The Morgan fingerprint density at radius 2 is 2.05 bits per heavy atom. The summed E-state index contributed by atoms with van der Waals surface area (Å²) in [5, 5.41) is 10.8. The third-order valence-electron chi connectivity index (χ3n) is 6.32. The zero-order valence-electron chi connectivity index (χ0n) is 13.1. The monoisotopic (exact) mass is 304 g/mol. The number of amides is 1. The van der Waals surface area contributed by atoms with Crippen molar-refractivity contribution in [1.29, 1.82) is 0 Å². The summed E-state index contributed by atoms with van der Waals surface area (Å²) in [6.07, 6.45) is 2.91. The van der Waals surface area contributed by atoms with Crippen LogP contribution in [0.2, 0.25) is 0 Å². The van der Waals surface area contributed by atoms with Crippen LogP contribution in [0.4, 0.5) is 5.82 Å². The Morgan fingerprint density at radius 1 is 1.27 bits per heavy atom. The lowest BCUT2D eigenvalue weighted by Gasteiger charge is -2.39. The summed E-state index contributed by atoms with van der Waals surface area (Å²) in [5.74, 6) is 0.175. The highest BCUT2D eigenvalue weighted by atomic mass is 16.6. The van der Waals surface area contributed by atoms with E-state index in [1.165, 1.54) is 0 Å². The Bertz CT molecular complexity index is 682. The fourth-order valence-electron chi connectivity index (χ4n) is 4.28. The molecule has 1 saturated heterocycles. The number of aryl methyl sites for hydroxylation is 1. The maximum absolute atomic E-state index is 13.3. The molecule has 1 amide bonds. The smallest absolute Gasteiger partial charge is 0.313 e. The van der Waals surface area contributed by atoms with E-state index in [4.69, 9.17) is 4.74 Å². The lowest BCUT2D eigenvalue weighted by Crippen LogP contribution is -2.56. The topological polar surface area (TPSA) is 88.2 Å². The number of carbonyl (C=O) groups is 2. The van der Waals surface area contributed by atoms with Crippen molar-refractivity contribution < 1.29 is 14.3 Å². The van der Waals surface area contributed by atoms with Crippen LogP contribution >= 0.6 is 0 Å². The second-order valence-corrected chi connectivity index (χ2v) is 7.33. The summed E-state index contributed by atoms with van der Waals surface area (Å²) in [6, 6.07) is 0. The van der Waals surface area contributed by atoms with E-state index < -0.39 is 16.4 Å². The number of esters is 1. The van der Waals surface area contributed by atoms with Crippen LogP contribution < -0.4 is 4.90 Å². The van der Waals surface area contributed by atoms with Crippen LogP contribution in [-0.2, 0) is 20.7 Å². The molecular weight excluding hydrogens is 284 g/mol. The molecule has 3 heterocycles. The van der Waals surface area contributed by atoms with Crippen LogP contribution in [-0.4, -0.2) is 39.4 Å². The second kappa shape index (κ2) is 3.88. The predicted molar refractivity (Wildman–Crippen MR) is 77.0 cm³/mol. The van der Waals surface area contributed by atoms with Crippen molar-refractivity contribution in [2.75, 3.05) is 11.4 Å². The van der Waals surface area contributed by atoms with Gasteiger partial charge < -0.3 is 4.74 Å². The molecule has 7 heteroatoms. The van der Waals surface area contributed by atoms with Gasteiger partial charge >= 0.3 is 5.97 Å². The molecule has 118 valence electrons. The van der Waals surface area contributed by atoms with Gasteiger partial charge in [0.1, 0.15) is 5.69 Å². The van der Waals surface area contributed by atoms with E-state index in [2.05, 4.69) is 15.4 Å². The first-order chi connectivity index (χ1) is 10.3. The van der Waals surface area contributed by atoms with Crippen LogP contribution in [0.1, 0.15) is 45.7 Å². The first-order valence-electron chi connectivity index (χ1n) is 7.79. The quantitative estimate of drug-likeness (QED) is 0.788. The summed E-state index contributed by atoms with van der Waals surface area (Å²) in [4.78, 5) is 27.3. The molecule has 1 N–H and O–H groups in total. The molecule has 1 aromatic heterocycles. The van der Waals surface area contributed by atoms with Crippen LogP contribution in [0.3, 0.4) is 0 Å². The van der Waals surface area contributed by atoms with Gasteiger partial charge in [-0.2, -0.15) is 10.3 Å². The van der Waals surface area contributed by atoms with Gasteiger partial charge in [0, 0.05) is 12.0 Å². The van der Waals surface area contributed by atoms with Gasteiger partial charge in [0.15, 0.2) is 11.4 Å². The first kappa shape index (κ1) is 13.7. The van der Waals surface area contributed by atoms with Crippen LogP contribution in [0, 0.1) is 10.8 Å². The van der Waals surface area contributed by atoms with Crippen LogP contribution in [0.5, 0.6) is 0 Å². The van der Waals surface area contributed by atoms with Crippen molar-refractivity contribution in [3.8, 4) is 0 Å². The third kappa shape index (κ3) is 1.28. The summed E-state index contributed by atoms with van der Waals surface area (Å²) < 4.78 is 5.68. The molecule has 4 rings (SSSR count). The predicted octanol–water partition coefficient (Wildman–Crippen LogP) is 1.21. The van der Waals surface area contributed by atoms with Gasteiger partial charge in [-0.1, -0.05) is 13.8 Å². The van der Waals surface area contributed by atoms with Gasteiger partial charge in [-0.3, -0.25) is 14.5 Å². The van der Waals surface area contributed by atoms with Gasteiger partial charge in [-0.25, -0.2) is 0 Å². The molecule has 3 aliphatic rings. The highest BCUT2D eigenvalue weighted by molar-refractivity contribution is 6.04. The van der Waals surface area contributed by atoms with E-state index >= 15 is 0 Å². The van der Waals surface area contributed by atoms with Crippen molar-refractivity contribution in [1.82, 2.24) is 15.4 Å². The number of nitrogens with one attached hydrogen (secondary N) is 1. The first-order valence-corrected chi connectivity index (χ1v) is 7.79. The molecule has 1 saturated carbocycles. The molecule has 7 nitrogen and oxygen atoms in total. The molecule has 1 aromatic rings. The van der Waals surface area contributed by atoms with Crippen LogP contribution in [0.25, 0.3) is 0 Å². The van der Waals surface area contributed by atoms with Crippen molar-refractivity contribution in [3.05, 3.63) is 5.69 Å². The second-order valence-electron chi connectivity index (χ2n) is 7.33. The number of hydrogen-bond acceptors (Lipinski definition) is 5. The highest BCUT2D eigenvalue weighted by Crippen LogP contribution is 2.66. The molecule has 2 atom stereocenters. The summed E-state index contributed by atoms with van der Waals surface area (Å²) in [6.45, 7) is 6.44. The number of H-pyrrole nitrogens is 1. The minimum atomic E-state index is -1.08. The lowest BCUT2D eigenvalue weighted by molar-refractivity contribution is -0.167. The molecule has 0 aromatic carbocycles. The molecule has 0 spiro atoms. The summed E-state index contributed by atoms with van der Waals surface area (Å²) in [5.41, 5.74) is -1.40. The molecule has 0 unspecified atom stereocenters. The zero-order valence-corrected chi connectivity index (χ0v) is 13.1. The van der Waals surface area contributed by atoms with Gasteiger partial charge in [-0.05, 0) is 32.6 Å². The maximum Gasteiger partial charge on any atom is 0.313 e. The van der Waals surface area contributed by atoms with Gasteiger partial charge in [0.25, 0.3) is 5.91 Å². The number of carbonyl (C=O) groups excluding carboxylic acids is 2. The van der Waals surface area contributed by atoms with Gasteiger partial charge in [-0.15, -0.1) is 5.10 Å². The molecule has 2 bridgehead atoms. The van der Waals surface area contributed by atoms with Crippen molar-refractivity contribution >= 4 is 17.7 Å². The fourth-order valence-corrected chi connectivity index (χ4v) is 4.28. The summed E-state index contributed by atoms with van der Waals surface area (Å²) >= 11 is 0. The number of rotatable bonds is 1. The Balaban J connectivity index is 1.78. The lowest BCUT2D eigenvalue weighted by atomic mass is 9.66. The highest BCUT2D eigenvalue weighted by Gasteiger charge is 2.76.